The van der Waals surface area contributed by atoms with Gasteiger partial charge in [0.25, 0.3) is 0 Å². The van der Waals surface area contributed by atoms with Gasteiger partial charge in [0.05, 0.1) is 11.3 Å². The van der Waals surface area contributed by atoms with Crippen LogP contribution in [0.5, 0.6) is 0 Å². The molecule has 0 aliphatic heterocycles. The third-order valence-electron chi connectivity index (χ3n) is 2.71. The maximum absolute atomic E-state index is 8.86. The van der Waals surface area contributed by atoms with Crippen LogP contribution in [0.25, 0.3) is 5.82 Å². The van der Waals surface area contributed by atoms with E-state index in [0.717, 1.165) is 17.0 Å². The molecule has 0 aliphatic rings. The van der Waals surface area contributed by atoms with Crippen LogP contribution in [0.4, 0.5) is 0 Å². The Morgan fingerprint density at radius 2 is 2.11 bits per heavy atom. The van der Waals surface area contributed by atoms with Gasteiger partial charge in [-0.2, -0.15) is 5.10 Å². The minimum atomic E-state index is 0.0307. The molecule has 0 saturated carbocycles. The largest absolute Gasteiger partial charge is 0.409 e. The summed E-state index contributed by atoms with van der Waals surface area (Å²) < 4.78 is 1.69. The van der Waals surface area contributed by atoms with Gasteiger partial charge in [-0.1, -0.05) is 5.16 Å². The van der Waals surface area contributed by atoms with E-state index in [2.05, 4.69) is 15.2 Å². The highest BCUT2D eigenvalue weighted by atomic mass is 16.4. The Morgan fingerprint density at radius 1 is 1.39 bits per heavy atom. The van der Waals surface area contributed by atoms with Crippen molar-refractivity contribution >= 4 is 5.84 Å². The first-order chi connectivity index (χ1) is 8.54. The Kier molecular flexibility index (Phi) is 3.01. The second kappa shape index (κ2) is 4.48. The molecule has 2 aromatic rings. The Bertz CT molecular complexity index is 615. The lowest BCUT2D eigenvalue weighted by Gasteiger charge is -2.11. The van der Waals surface area contributed by atoms with Crippen molar-refractivity contribution in [1.29, 1.82) is 0 Å². The Morgan fingerprint density at radius 3 is 2.67 bits per heavy atom. The van der Waals surface area contributed by atoms with Crippen molar-refractivity contribution in [3.8, 4) is 5.82 Å². The maximum atomic E-state index is 8.86. The molecule has 6 heteroatoms. The Labute approximate surface area is 105 Å². The molecule has 94 valence electrons. The number of aryl methyl sites for hydroxylation is 3. The number of nitrogens with zero attached hydrogens (tertiary/aromatic N) is 4. The summed E-state index contributed by atoms with van der Waals surface area (Å²) in [6, 6.07) is 3.75. The molecule has 3 N–H and O–H groups in total. The van der Waals surface area contributed by atoms with Crippen LogP contribution in [0.3, 0.4) is 0 Å². The lowest BCUT2D eigenvalue weighted by molar-refractivity contribution is 0.318. The summed E-state index contributed by atoms with van der Waals surface area (Å²) in [4.78, 5) is 4.28. The molecule has 0 unspecified atom stereocenters. The first-order valence-corrected chi connectivity index (χ1v) is 5.51. The monoisotopic (exact) mass is 245 g/mol. The number of oxime groups is 1. The standard InChI is InChI=1S/C12H15N5O/c1-7-4-5-14-12(10(7)11(13)16-18)17-9(3)6-8(2)15-17/h4-6,18H,1-3H3,(H2,13,16). The van der Waals surface area contributed by atoms with E-state index in [9.17, 15) is 0 Å². The average molecular weight is 245 g/mol. The first kappa shape index (κ1) is 12.1. The molecule has 0 amide bonds. The molecule has 0 spiro atoms. The summed E-state index contributed by atoms with van der Waals surface area (Å²) in [5.74, 6) is 0.596. The molecule has 18 heavy (non-hydrogen) atoms. The molecule has 0 aliphatic carbocycles. The number of nitrogens with two attached hydrogens (primary N) is 1. The molecule has 0 saturated heterocycles. The van der Waals surface area contributed by atoms with Gasteiger partial charge in [-0.25, -0.2) is 9.67 Å². The van der Waals surface area contributed by atoms with Crippen LogP contribution in [0.15, 0.2) is 23.5 Å². The molecule has 0 atom stereocenters. The Hall–Kier alpha value is -2.37. The average Bonchev–Trinajstić information content (AvgIpc) is 2.67. The normalized spacial score (nSPS) is 11.8. The number of hydrogen-bond acceptors (Lipinski definition) is 4. The van der Waals surface area contributed by atoms with Crippen molar-refractivity contribution in [3.63, 3.8) is 0 Å². The highest BCUT2D eigenvalue weighted by molar-refractivity contribution is 6.01. The van der Waals surface area contributed by atoms with E-state index in [0.29, 0.717) is 11.4 Å². The summed E-state index contributed by atoms with van der Waals surface area (Å²) in [7, 11) is 0. The number of pyridine rings is 1. The van der Waals surface area contributed by atoms with Gasteiger partial charge in [-0.15, -0.1) is 0 Å². The molecule has 0 bridgehead atoms. The summed E-state index contributed by atoms with van der Waals surface area (Å²) >= 11 is 0. The number of rotatable bonds is 2. The van der Waals surface area contributed by atoms with Gasteiger partial charge in [0.1, 0.15) is 0 Å². The molecule has 0 radical (unpaired) electrons. The zero-order chi connectivity index (χ0) is 13.3. The molecule has 2 rings (SSSR count). The summed E-state index contributed by atoms with van der Waals surface area (Å²) in [6.45, 7) is 5.72. The van der Waals surface area contributed by atoms with Crippen LogP contribution in [-0.2, 0) is 0 Å². The summed E-state index contributed by atoms with van der Waals surface area (Å²) in [5, 5.41) is 16.3. The van der Waals surface area contributed by atoms with E-state index in [1.165, 1.54) is 0 Å². The maximum Gasteiger partial charge on any atom is 0.174 e. The summed E-state index contributed by atoms with van der Waals surface area (Å²) in [5.41, 5.74) is 9.01. The van der Waals surface area contributed by atoms with Crippen molar-refractivity contribution in [1.82, 2.24) is 14.8 Å². The van der Waals surface area contributed by atoms with E-state index >= 15 is 0 Å². The molecular formula is C12H15N5O. The molecule has 0 aromatic carbocycles. The fourth-order valence-electron chi connectivity index (χ4n) is 1.91. The quantitative estimate of drug-likeness (QED) is 0.361. The van der Waals surface area contributed by atoms with Gasteiger partial charge in [0.15, 0.2) is 11.7 Å². The highest BCUT2D eigenvalue weighted by Crippen LogP contribution is 2.17. The topological polar surface area (TPSA) is 89.3 Å². The van der Waals surface area contributed by atoms with Crippen molar-refractivity contribution in [2.75, 3.05) is 0 Å². The predicted octanol–water partition coefficient (Wildman–Crippen LogP) is 1.29. The van der Waals surface area contributed by atoms with Crippen LogP contribution < -0.4 is 5.73 Å². The predicted molar refractivity (Wildman–Crippen MR) is 68.1 cm³/mol. The number of hydrogen-bond donors (Lipinski definition) is 2. The highest BCUT2D eigenvalue weighted by Gasteiger charge is 2.15. The molecule has 0 fully saturated rings. The second-order valence-electron chi connectivity index (χ2n) is 4.15. The summed E-state index contributed by atoms with van der Waals surface area (Å²) in [6.07, 6.45) is 1.68. The fraction of sp³-hybridized carbons (Fsp3) is 0.250. The van der Waals surface area contributed by atoms with Crippen LogP contribution in [0.1, 0.15) is 22.5 Å². The molecule has 2 heterocycles. The van der Waals surface area contributed by atoms with Gasteiger partial charge >= 0.3 is 0 Å². The molecule has 6 nitrogen and oxygen atoms in total. The second-order valence-corrected chi connectivity index (χ2v) is 4.15. The fourth-order valence-corrected chi connectivity index (χ4v) is 1.91. The minimum Gasteiger partial charge on any atom is -0.409 e. The smallest absolute Gasteiger partial charge is 0.174 e. The Balaban J connectivity index is 2.72. The van der Waals surface area contributed by atoms with E-state index in [4.69, 9.17) is 10.9 Å². The van der Waals surface area contributed by atoms with E-state index in [-0.39, 0.29) is 5.84 Å². The van der Waals surface area contributed by atoms with E-state index < -0.39 is 0 Å². The number of aromatic nitrogens is 3. The van der Waals surface area contributed by atoms with Crippen molar-refractivity contribution in [3.05, 3.63) is 40.8 Å². The van der Waals surface area contributed by atoms with Gasteiger partial charge in [0, 0.05) is 11.9 Å². The minimum absolute atomic E-state index is 0.0307. The molecular weight excluding hydrogens is 230 g/mol. The lowest BCUT2D eigenvalue weighted by atomic mass is 10.1. The third-order valence-corrected chi connectivity index (χ3v) is 2.71. The van der Waals surface area contributed by atoms with Crippen molar-refractivity contribution in [2.24, 2.45) is 10.9 Å². The van der Waals surface area contributed by atoms with Crippen LogP contribution in [0.2, 0.25) is 0 Å². The SMILES string of the molecule is Cc1cc(C)n(-c2nccc(C)c2/C(N)=N/O)n1. The van der Waals surface area contributed by atoms with Crippen molar-refractivity contribution in [2.45, 2.75) is 20.8 Å². The number of amidine groups is 1. The van der Waals surface area contributed by atoms with E-state index in [1.807, 2.05) is 32.9 Å². The van der Waals surface area contributed by atoms with Gasteiger partial charge < -0.3 is 10.9 Å². The first-order valence-electron chi connectivity index (χ1n) is 5.51. The van der Waals surface area contributed by atoms with Crippen LogP contribution in [-0.4, -0.2) is 25.8 Å². The van der Waals surface area contributed by atoms with Crippen LogP contribution in [0, 0.1) is 20.8 Å². The van der Waals surface area contributed by atoms with E-state index in [1.54, 1.807) is 10.9 Å². The molecule has 2 aromatic heterocycles. The zero-order valence-electron chi connectivity index (χ0n) is 10.5. The van der Waals surface area contributed by atoms with Crippen molar-refractivity contribution < 1.29 is 5.21 Å². The lowest BCUT2D eigenvalue weighted by Crippen LogP contribution is -2.20. The van der Waals surface area contributed by atoms with Gasteiger partial charge in [-0.05, 0) is 38.5 Å². The van der Waals surface area contributed by atoms with Crippen LogP contribution >= 0.6 is 0 Å². The zero-order valence-corrected chi connectivity index (χ0v) is 10.5. The van der Waals surface area contributed by atoms with Gasteiger partial charge in [0.2, 0.25) is 0 Å². The third kappa shape index (κ3) is 1.92. The van der Waals surface area contributed by atoms with Gasteiger partial charge in [-0.3, -0.25) is 0 Å².